The van der Waals surface area contributed by atoms with Gasteiger partial charge >= 0.3 is 5.97 Å². The van der Waals surface area contributed by atoms with Crippen LogP contribution >= 0.6 is 11.3 Å². The Morgan fingerprint density at radius 2 is 1.86 bits per heavy atom. The van der Waals surface area contributed by atoms with E-state index in [4.69, 9.17) is 4.74 Å². The van der Waals surface area contributed by atoms with Crippen LogP contribution < -0.4 is 9.64 Å². The minimum absolute atomic E-state index is 0.344. The molecule has 6 heteroatoms. The second kappa shape index (κ2) is 6.03. The molecule has 22 heavy (non-hydrogen) atoms. The van der Waals surface area contributed by atoms with Crippen molar-refractivity contribution in [1.29, 1.82) is 0 Å². The normalized spacial score (nSPS) is 12.0. The molecule has 0 aliphatic carbocycles. The maximum Gasteiger partial charge on any atom is 0.366 e. The first-order chi connectivity index (χ1) is 10.6. The van der Waals surface area contributed by atoms with Gasteiger partial charge in [0.15, 0.2) is 0 Å². The first-order valence-electron chi connectivity index (χ1n) is 6.68. The minimum atomic E-state index is -1.14. The van der Waals surface area contributed by atoms with E-state index < -0.39 is 12.2 Å². The van der Waals surface area contributed by atoms with Crippen LogP contribution in [0.5, 0.6) is 5.19 Å². The van der Waals surface area contributed by atoms with Gasteiger partial charge in [-0.1, -0.05) is 41.7 Å². The summed E-state index contributed by atoms with van der Waals surface area (Å²) in [5.41, 5.74) is 1.56. The summed E-state index contributed by atoms with van der Waals surface area (Å²) < 4.78 is 6.57. The van der Waals surface area contributed by atoms with Crippen molar-refractivity contribution < 1.29 is 14.6 Å². The third-order valence-corrected chi connectivity index (χ3v) is 4.14. The quantitative estimate of drug-likeness (QED) is 0.733. The molecule has 1 aromatic heterocycles. The van der Waals surface area contributed by atoms with Crippen LogP contribution in [0.25, 0.3) is 10.2 Å². The topological polar surface area (TPSA) is 62.7 Å². The van der Waals surface area contributed by atoms with Crippen LogP contribution in [0, 0.1) is 0 Å². The summed E-state index contributed by atoms with van der Waals surface area (Å²) in [5, 5.41) is 9.80. The number of hydrogen-bond donors (Lipinski definition) is 1. The standard InChI is InChI=1S/C16H14N2O3S/c1-18(11-7-3-2-4-8-11)14(15(19)20)21-16-17-12-9-5-6-10-13(12)22-16/h2-10,14H,1H3,(H,19,20). The van der Waals surface area contributed by atoms with E-state index in [0.717, 1.165) is 15.9 Å². The Hall–Kier alpha value is -2.60. The highest BCUT2D eigenvalue weighted by Gasteiger charge is 2.26. The Bertz CT molecular complexity index is 755. The Morgan fingerprint density at radius 3 is 2.55 bits per heavy atom. The fourth-order valence-corrected chi connectivity index (χ4v) is 2.93. The number of benzene rings is 2. The number of hydrogen-bond acceptors (Lipinski definition) is 5. The smallest absolute Gasteiger partial charge is 0.366 e. The summed E-state index contributed by atoms with van der Waals surface area (Å²) >= 11 is 1.33. The molecule has 5 nitrogen and oxygen atoms in total. The van der Waals surface area contributed by atoms with E-state index in [0.29, 0.717) is 5.19 Å². The lowest BCUT2D eigenvalue weighted by Crippen LogP contribution is -2.43. The number of likely N-dealkylation sites (N-methyl/N-ethyl adjacent to an activating group) is 1. The summed E-state index contributed by atoms with van der Waals surface area (Å²) in [6, 6.07) is 16.8. The molecule has 2 aromatic carbocycles. The number of aliphatic carboxylic acids is 1. The number of carbonyl (C=O) groups is 1. The molecule has 112 valence electrons. The molecule has 1 N–H and O–H groups in total. The Labute approximate surface area is 131 Å². The SMILES string of the molecule is CN(c1ccccc1)C(Oc1nc2ccccc2s1)C(=O)O. The van der Waals surface area contributed by atoms with Crippen LogP contribution in [0.3, 0.4) is 0 Å². The van der Waals surface area contributed by atoms with Gasteiger partial charge < -0.3 is 14.7 Å². The number of ether oxygens (including phenoxy) is 1. The molecule has 3 aromatic rings. The van der Waals surface area contributed by atoms with Crippen molar-refractivity contribution >= 4 is 33.2 Å². The maximum atomic E-state index is 11.5. The predicted octanol–water partition coefficient (Wildman–Crippen LogP) is 3.22. The van der Waals surface area contributed by atoms with Crippen LogP contribution in [-0.4, -0.2) is 29.3 Å². The largest absolute Gasteiger partial charge is 0.477 e. The zero-order valence-corrected chi connectivity index (χ0v) is 12.7. The van der Waals surface area contributed by atoms with Crippen molar-refractivity contribution in [2.45, 2.75) is 6.23 Å². The average molecular weight is 314 g/mol. The molecular weight excluding hydrogens is 300 g/mol. The first kappa shape index (κ1) is 14.3. The van der Waals surface area contributed by atoms with Gasteiger partial charge in [0.05, 0.1) is 10.2 Å². The fraction of sp³-hybridized carbons (Fsp3) is 0.125. The third kappa shape index (κ3) is 2.87. The van der Waals surface area contributed by atoms with Gasteiger partial charge in [-0.3, -0.25) is 0 Å². The molecule has 0 fully saturated rings. The number of fused-ring (bicyclic) bond motifs is 1. The molecule has 0 saturated carbocycles. The molecular formula is C16H14N2O3S. The van der Waals surface area contributed by atoms with Gasteiger partial charge in [-0.2, -0.15) is 0 Å². The average Bonchev–Trinajstić information content (AvgIpc) is 2.95. The lowest BCUT2D eigenvalue weighted by molar-refractivity contribution is -0.144. The third-order valence-electron chi connectivity index (χ3n) is 3.21. The van der Waals surface area contributed by atoms with Gasteiger partial charge in [0.1, 0.15) is 0 Å². The van der Waals surface area contributed by atoms with E-state index in [1.54, 1.807) is 11.9 Å². The fourth-order valence-electron chi connectivity index (χ4n) is 2.09. The van der Waals surface area contributed by atoms with Gasteiger partial charge in [-0.25, -0.2) is 9.78 Å². The molecule has 0 aliphatic rings. The molecule has 0 spiro atoms. The first-order valence-corrected chi connectivity index (χ1v) is 7.50. The van der Waals surface area contributed by atoms with E-state index in [1.807, 2.05) is 54.6 Å². The summed E-state index contributed by atoms with van der Waals surface area (Å²) in [7, 11) is 1.68. The van der Waals surface area contributed by atoms with Crippen molar-refractivity contribution in [3.63, 3.8) is 0 Å². The number of carboxylic acids is 1. The Morgan fingerprint density at radius 1 is 1.18 bits per heavy atom. The number of rotatable bonds is 5. The molecule has 0 saturated heterocycles. The number of anilines is 1. The van der Waals surface area contributed by atoms with Crippen molar-refractivity contribution in [3.8, 4) is 5.19 Å². The number of nitrogens with zero attached hydrogens (tertiary/aromatic N) is 2. The molecule has 3 rings (SSSR count). The van der Waals surface area contributed by atoms with Gasteiger partial charge in [-0.15, -0.1) is 0 Å². The summed E-state index contributed by atoms with van der Waals surface area (Å²) in [5.74, 6) is -1.06. The zero-order valence-electron chi connectivity index (χ0n) is 11.8. The minimum Gasteiger partial charge on any atom is -0.477 e. The number of para-hydroxylation sites is 2. The van der Waals surface area contributed by atoms with Crippen molar-refractivity contribution in [1.82, 2.24) is 4.98 Å². The Kier molecular flexibility index (Phi) is 3.93. The van der Waals surface area contributed by atoms with Gasteiger partial charge in [0.2, 0.25) is 0 Å². The van der Waals surface area contributed by atoms with E-state index >= 15 is 0 Å². The molecule has 0 radical (unpaired) electrons. The Balaban J connectivity index is 1.87. The lowest BCUT2D eigenvalue weighted by Gasteiger charge is -2.25. The molecule has 0 amide bonds. The second-order valence-electron chi connectivity index (χ2n) is 4.70. The van der Waals surface area contributed by atoms with Crippen LogP contribution in [0.2, 0.25) is 0 Å². The number of carboxylic acid groups (broad SMARTS) is 1. The van der Waals surface area contributed by atoms with Crippen molar-refractivity contribution in [2.75, 3.05) is 11.9 Å². The molecule has 0 bridgehead atoms. The highest BCUT2D eigenvalue weighted by Crippen LogP contribution is 2.29. The van der Waals surface area contributed by atoms with Gasteiger partial charge in [0, 0.05) is 12.7 Å². The zero-order chi connectivity index (χ0) is 15.5. The number of thiazole rings is 1. The van der Waals surface area contributed by atoms with E-state index in [2.05, 4.69) is 4.98 Å². The molecule has 0 aliphatic heterocycles. The van der Waals surface area contributed by atoms with Crippen LogP contribution in [0.4, 0.5) is 5.69 Å². The molecule has 1 heterocycles. The van der Waals surface area contributed by atoms with Gasteiger partial charge in [0.25, 0.3) is 11.4 Å². The van der Waals surface area contributed by atoms with Crippen LogP contribution in [-0.2, 0) is 4.79 Å². The molecule has 1 unspecified atom stereocenters. The lowest BCUT2D eigenvalue weighted by atomic mass is 10.3. The van der Waals surface area contributed by atoms with E-state index in [-0.39, 0.29) is 0 Å². The van der Waals surface area contributed by atoms with Crippen molar-refractivity contribution in [2.24, 2.45) is 0 Å². The van der Waals surface area contributed by atoms with Crippen LogP contribution in [0.1, 0.15) is 0 Å². The summed E-state index contributed by atoms with van der Waals surface area (Å²) in [6.07, 6.45) is -1.14. The predicted molar refractivity (Wildman–Crippen MR) is 86.5 cm³/mol. The molecule has 1 atom stereocenters. The summed E-state index contributed by atoms with van der Waals surface area (Å²) in [4.78, 5) is 17.4. The van der Waals surface area contributed by atoms with E-state index in [9.17, 15) is 9.90 Å². The second-order valence-corrected chi connectivity index (χ2v) is 5.70. The summed E-state index contributed by atoms with van der Waals surface area (Å²) in [6.45, 7) is 0. The van der Waals surface area contributed by atoms with Crippen molar-refractivity contribution in [3.05, 3.63) is 54.6 Å². The van der Waals surface area contributed by atoms with Gasteiger partial charge in [-0.05, 0) is 24.3 Å². The van der Waals surface area contributed by atoms with E-state index in [1.165, 1.54) is 11.3 Å². The monoisotopic (exact) mass is 314 g/mol. The number of aromatic nitrogens is 1. The van der Waals surface area contributed by atoms with Crippen LogP contribution in [0.15, 0.2) is 54.6 Å². The highest BCUT2D eigenvalue weighted by molar-refractivity contribution is 7.20. The maximum absolute atomic E-state index is 11.5. The highest BCUT2D eigenvalue weighted by atomic mass is 32.1.